The van der Waals surface area contributed by atoms with Crippen molar-refractivity contribution in [2.75, 3.05) is 18.9 Å². The summed E-state index contributed by atoms with van der Waals surface area (Å²) in [5.41, 5.74) is 2.93. The van der Waals surface area contributed by atoms with Crippen molar-refractivity contribution in [3.05, 3.63) is 29.3 Å². The lowest BCUT2D eigenvalue weighted by atomic mass is 10.00. The Hall–Kier alpha value is -1.51. The first-order chi connectivity index (χ1) is 6.31. The predicted octanol–water partition coefficient (Wildman–Crippen LogP) is 1.01. The molecule has 0 unspecified atom stereocenters. The molecule has 68 valence electrons. The standard InChI is InChI=1S/C10H12N2O/c1-11-8-3-2-7-4-5-12-10(13)9(7)6-8/h2-3,6,11H,4-5H2,1H3,(H,12,13). The zero-order chi connectivity index (χ0) is 9.26. The highest BCUT2D eigenvalue weighted by molar-refractivity contribution is 5.97. The van der Waals surface area contributed by atoms with Crippen LogP contribution < -0.4 is 10.6 Å². The summed E-state index contributed by atoms with van der Waals surface area (Å²) in [5, 5.41) is 5.84. The highest BCUT2D eigenvalue weighted by Gasteiger charge is 2.15. The average Bonchev–Trinajstić information content (AvgIpc) is 2.18. The first-order valence-corrected chi connectivity index (χ1v) is 4.40. The van der Waals surface area contributed by atoms with Gasteiger partial charge in [-0.2, -0.15) is 0 Å². The smallest absolute Gasteiger partial charge is 0.251 e. The number of rotatable bonds is 1. The van der Waals surface area contributed by atoms with Gasteiger partial charge in [-0.05, 0) is 24.1 Å². The quantitative estimate of drug-likeness (QED) is 0.670. The molecular formula is C10H12N2O. The van der Waals surface area contributed by atoms with Crippen LogP contribution >= 0.6 is 0 Å². The molecule has 0 atom stereocenters. The molecule has 0 saturated heterocycles. The van der Waals surface area contributed by atoms with Crippen LogP contribution in [-0.2, 0) is 6.42 Å². The highest BCUT2D eigenvalue weighted by atomic mass is 16.1. The molecule has 1 aliphatic rings. The number of benzene rings is 1. The maximum Gasteiger partial charge on any atom is 0.251 e. The van der Waals surface area contributed by atoms with Crippen LogP contribution in [0.1, 0.15) is 15.9 Å². The number of carbonyl (C=O) groups excluding carboxylic acids is 1. The minimum Gasteiger partial charge on any atom is -0.388 e. The normalized spacial score (nSPS) is 14.7. The van der Waals surface area contributed by atoms with E-state index in [1.54, 1.807) is 0 Å². The summed E-state index contributed by atoms with van der Waals surface area (Å²) in [6.07, 6.45) is 0.936. The Balaban J connectivity index is 2.47. The van der Waals surface area contributed by atoms with Gasteiger partial charge in [0.05, 0.1) is 0 Å². The van der Waals surface area contributed by atoms with Crippen molar-refractivity contribution in [1.82, 2.24) is 5.32 Å². The predicted molar refractivity (Wildman–Crippen MR) is 52.0 cm³/mol. The summed E-state index contributed by atoms with van der Waals surface area (Å²) < 4.78 is 0. The van der Waals surface area contributed by atoms with E-state index < -0.39 is 0 Å². The van der Waals surface area contributed by atoms with Gasteiger partial charge in [0.15, 0.2) is 0 Å². The zero-order valence-electron chi connectivity index (χ0n) is 7.55. The summed E-state index contributed by atoms with van der Waals surface area (Å²) in [6, 6.07) is 5.90. The molecule has 13 heavy (non-hydrogen) atoms. The molecule has 0 aromatic heterocycles. The largest absolute Gasteiger partial charge is 0.388 e. The Morgan fingerprint density at radius 3 is 3.08 bits per heavy atom. The lowest BCUT2D eigenvalue weighted by Crippen LogP contribution is -2.31. The van der Waals surface area contributed by atoms with E-state index in [9.17, 15) is 4.79 Å². The van der Waals surface area contributed by atoms with Crippen molar-refractivity contribution in [3.8, 4) is 0 Å². The lowest BCUT2D eigenvalue weighted by molar-refractivity contribution is 0.0946. The molecule has 1 heterocycles. The monoisotopic (exact) mass is 176 g/mol. The molecule has 3 nitrogen and oxygen atoms in total. The molecule has 0 saturated carbocycles. The highest BCUT2D eigenvalue weighted by Crippen LogP contribution is 2.18. The van der Waals surface area contributed by atoms with Gasteiger partial charge in [-0.25, -0.2) is 0 Å². The molecule has 1 aliphatic heterocycles. The third-order valence-corrected chi connectivity index (χ3v) is 2.32. The number of anilines is 1. The number of amides is 1. The first-order valence-electron chi connectivity index (χ1n) is 4.40. The van der Waals surface area contributed by atoms with Crippen LogP contribution in [0, 0.1) is 0 Å². The van der Waals surface area contributed by atoms with Crippen LogP contribution in [0.3, 0.4) is 0 Å². The minimum atomic E-state index is 0.0401. The van der Waals surface area contributed by atoms with Gasteiger partial charge in [0.2, 0.25) is 0 Å². The molecule has 0 aliphatic carbocycles. The van der Waals surface area contributed by atoms with Gasteiger partial charge >= 0.3 is 0 Å². The molecule has 1 aromatic carbocycles. The maximum atomic E-state index is 11.4. The van der Waals surface area contributed by atoms with Crippen LogP contribution in [0.2, 0.25) is 0 Å². The molecule has 1 amide bonds. The number of nitrogens with one attached hydrogen (secondary N) is 2. The summed E-state index contributed by atoms with van der Waals surface area (Å²) in [7, 11) is 1.85. The topological polar surface area (TPSA) is 41.1 Å². The summed E-state index contributed by atoms with van der Waals surface area (Å²) in [4.78, 5) is 11.4. The van der Waals surface area contributed by atoms with Crippen LogP contribution in [0.15, 0.2) is 18.2 Å². The second-order valence-electron chi connectivity index (χ2n) is 3.13. The second kappa shape index (κ2) is 3.09. The fourth-order valence-corrected chi connectivity index (χ4v) is 1.57. The first kappa shape index (κ1) is 8.10. The van der Waals surface area contributed by atoms with Crippen molar-refractivity contribution < 1.29 is 4.79 Å². The number of hydrogen-bond acceptors (Lipinski definition) is 2. The number of carbonyl (C=O) groups is 1. The van der Waals surface area contributed by atoms with Gasteiger partial charge < -0.3 is 10.6 Å². The molecule has 0 spiro atoms. The molecule has 1 aromatic rings. The molecule has 3 heteroatoms. The summed E-state index contributed by atoms with van der Waals surface area (Å²) >= 11 is 0. The van der Waals surface area contributed by atoms with E-state index in [2.05, 4.69) is 10.6 Å². The minimum absolute atomic E-state index is 0.0401. The van der Waals surface area contributed by atoms with Gasteiger partial charge in [-0.1, -0.05) is 6.07 Å². The molecule has 0 bridgehead atoms. The van der Waals surface area contributed by atoms with Crippen LogP contribution in [0.4, 0.5) is 5.69 Å². The van der Waals surface area contributed by atoms with Gasteiger partial charge in [0.25, 0.3) is 5.91 Å². The Kier molecular flexibility index (Phi) is 1.93. The van der Waals surface area contributed by atoms with E-state index >= 15 is 0 Å². The van der Waals surface area contributed by atoms with Gasteiger partial charge in [0, 0.05) is 24.8 Å². The van der Waals surface area contributed by atoms with Crippen molar-refractivity contribution in [3.63, 3.8) is 0 Å². The van der Waals surface area contributed by atoms with Gasteiger partial charge in [0.1, 0.15) is 0 Å². The SMILES string of the molecule is CNc1ccc2c(c1)C(=O)NCC2. The summed E-state index contributed by atoms with van der Waals surface area (Å²) in [6.45, 7) is 0.755. The van der Waals surface area contributed by atoms with Crippen LogP contribution in [0.25, 0.3) is 0 Å². The van der Waals surface area contributed by atoms with Crippen molar-refractivity contribution in [1.29, 1.82) is 0 Å². The van der Waals surface area contributed by atoms with Gasteiger partial charge in [-0.15, -0.1) is 0 Å². The molecule has 2 rings (SSSR count). The Morgan fingerprint density at radius 2 is 2.31 bits per heavy atom. The van der Waals surface area contributed by atoms with E-state index in [4.69, 9.17) is 0 Å². The van der Waals surface area contributed by atoms with E-state index in [0.717, 1.165) is 29.8 Å². The molecule has 0 fully saturated rings. The summed E-state index contributed by atoms with van der Waals surface area (Å²) in [5.74, 6) is 0.0401. The van der Waals surface area contributed by atoms with E-state index in [0.29, 0.717) is 0 Å². The van der Waals surface area contributed by atoms with E-state index in [-0.39, 0.29) is 5.91 Å². The number of hydrogen-bond donors (Lipinski definition) is 2. The van der Waals surface area contributed by atoms with E-state index in [1.165, 1.54) is 0 Å². The number of fused-ring (bicyclic) bond motifs is 1. The molecular weight excluding hydrogens is 164 g/mol. The van der Waals surface area contributed by atoms with Crippen LogP contribution in [0.5, 0.6) is 0 Å². The van der Waals surface area contributed by atoms with E-state index in [1.807, 2.05) is 25.2 Å². The van der Waals surface area contributed by atoms with Crippen LogP contribution in [-0.4, -0.2) is 19.5 Å². The van der Waals surface area contributed by atoms with Crippen molar-refractivity contribution in [2.45, 2.75) is 6.42 Å². The second-order valence-corrected chi connectivity index (χ2v) is 3.13. The van der Waals surface area contributed by atoms with Gasteiger partial charge in [-0.3, -0.25) is 4.79 Å². The lowest BCUT2D eigenvalue weighted by Gasteiger charge is -2.16. The fraction of sp³-hybridized carbons (Fsp3) is 0.300. The Labute approximate surface area is 77.1 Å². The maximum absolute atomic E-state index is 11.4. The Bertz CT molecular complexity index is 347. The molecule has 2 N–H and O–H groups in total. The van der Waals surface area contributed by atoms with Crippen molar-refractivity contribution in [2.24, 2.45) is 0 Å². The zero-order valence-corrected chi connectivity index (χ0v) is 7.55. The third kappa shape index (κ3) is 1.37. The third-order valence-electron chi connectivity index (χ3n) is 2.32. The average molecular weight is 176 g/mol. The fourth-order valence-electron chi connectivity index (χ4n) is 1.57. The Morgan fingerprint density at radius 1 is 1.46 bits per heavy atom. The molecule has 0 radical (unpaired) electrons. The van der Waals surface area contributed by atoms with Crippen molar-refractivity contribution >= 4 is 11.6 Å².